The predicted octanol–water partition coefficient (Wildman–Crippen LogP) is 2.18. The first kappa shape index (κ1) is 12.7. The minimum atomic E-state index is -0.138. The smallest absolute Gasteiger partial charge is 0.0552 e. The summed E-state index contributed by atoms with van der Waals surface area (Å²) < 4.78 is 0. The summed E-state index contributed by atoms with van der Waals surface area (Å²) in [5, 5.41) is 9.61. The van der Waals surface area contributed by atoms with Crippen LogP contribution in [-0.4, -0.2) is 41.5 Å². The van der Waals surface area contributed by atoms with Crippen molar-refractivity contribution in [1.29, 1.82) is 0 Å². The van der Waals surface area contributed by atoms with Gasteiger partial charge in [0.2, 0.25) is 0 Å². The van der Waals surface area contributed by atoms with Gasteiger partial charge in [0.15, 0.2) is 0 Å². The predicted molar refractivity (Wildman–Crippen MR) is 71.0 cm³/mol. The Bertz CT molecular complexity index is 226. The molecule has 2 nitrogen and oxygen atoms in total. The number of rotatable bonds is 4. The molecule has 2 aliphatic rings. The molecule has 2 unspecified atom stereocenters. The molecule has 0 amide bonds. The van der Waals surface area contributed by atoms with Crippen LogP contribution in [0.4, 0.5) is 0 Å². The van der Waals surface area contributed by atoms with Crippen molar-refractivity contribution in [3.8, 4) is 0 Å². The lowest BCUT2D eigenvalue weighted by Gasteiger charge is -2.32. The van der Waals surface area contributed by atoms with Crippen LogP contribution in [0.15, 0.2) is 0 Å². The average Bonchev–Trinajstić information content (AvgIpc) is 2.88. The zero-order valence-electron chi connectivity index (χ0n) is 10.4. The third kappa shape index (κ3) is 2.74. The molecule has 16 heavy (non-hydrogen) atoms. The van der Waals surface area contributed by atoms with E-state index >= 15 is 0 Å². The van der Waals surface area contributed by atoms with E-state index in [1.807, 2.05) is 6.92 Å². The summed E-state index contributed by atoms with van der Waals surface area (Å²) in [5.74, 6) is 1.53. The lowest BCUT2D eigenvalue weighted by molar-refractivity contribution is 0.120. The highest BCUT2D eigenvalue weighted by atomic mass is 32.1. The molecule has 1 aliphatic heterocycles. The van der Waals surface area contributed by atoms with Crippen molar-refractivity contribution in [2.75, 3.05) is 25.4 Å². The molecule has 1 saturated heterocycles. The highest BCUT2D eigenvalue weighted by Gasteiger charge is 2.36. The molecule has 0 bridgehead atoms. The van der Waals surface area contributed by atoms with E-state index in [2.05, 4.69) is 17.5 Å². The van der Waals surface area contributed by atoms with E-state index in [1.54, 1.807) is 0 Å². The summed E-state index contributed by atoms with van der Waals surface area (Å²) in [5.41, 5.74) is 0.483. The van der Waals surface area contributed by atoms with Crippen LogP contribution in [0.1, 0.15) is 39.0 Å². The van der Waals surface area contributed by atoms with Gasteiger partial charge in [-0.25, -0.2) is 0 Å². The van der Waals surface area contributed by atoms with Gasteiger partial charge in [0, 0.05) is 13.1 Å². The van der Waals surface area contributed by atoms with E-state index in [0.29, 0.717) is 11.3 Å². The van der Waals surface area contributed by atoms with Crippen molar-refractivity contribution in [2.45, 2.75) is 45.1 Å². The van der Waals surface area contributed by atoms with Gasteiger partial charge >= 0.3 is 0 Å². The number of nitrogens with zero attached hydrogens (tertiary/aromatic N) is 1. The van der Waals surface area contributed by atoms with Gasteiger partial charge in [-0.2, -0.15) is 12.6 Å². The number of hydrogen-bond acceptors (Lipinski definition) is 3. The second-order valence-electron chi connectivity index (χ2n) is 5.89. The minimum absolute atomic E-state index is 0.138. The van der Waals surface area contributed by atoms with Crippen molar-refractivity contribution >= 4 is 12.6 Å². The zero-order chi connectivity index (χ0) is 11.6. The van der Waals surface area contributed by atoms with E-state index in [-0.39, 0.29) is 6.10 Å². The summed E-state index contributed by atoms with van der Waals surface area (Å²) in [7, 11) is 0. The fourth-order valence-corrected chi connectivity index (χ4v) is 3.78. The van der Waals surface area contributed by atoms with Crippen molar-refractivity contribution < 1.29 is 5.11 Å². The van der Waals surface area contributed by atoms with Crippen LogP contribution in [0.3, 0.4) is 0 Å². The Balaban J connectivity index is 1.86. The Morgan fingerprint density at radius 3 is 2.62 bits per heavy atom. The lowest BCUT2D eigenvalue weighted by atomic mass is 9.88. The Hall–Kier alpha value is 0.270. The highest BCUT2D eigenvalue weighted by Crippen LogP contribution is 2.40. The fraction of sp³-hybridized carbons (Fsp3) is 1.00. The number of likely N-dealkylation sites (tertiary alicyclic amines) is 1. The van der Waals surface area contributed by atoms with Crippen LogP contribution in [0.5, 0.6) is 0 Å². The van der Waals surface area contributed by atoms with Crippen molar-refractivity contribution in [3.63, 3.8) is 0 Å². The molecule has 94 valence electrons. The van der Waals surface area contributed by atoms with Crippen LogP contribution in [0.2, 0.25) is 0 Å². The average molecular weight is 243 g/mol. The molecule has 1 N–H and O–H groups in total. The maximum absolute atomic E-state index is 9.61. The van der Waals surface area contributed by atoms with E-state index in [1.165, 1.54) is 45.2 Å². The number of hydrogen-bond donors (Lipinski definition) is 2. The van der Waals surface area contributed by atoms with Crippen LogP contribution in [-0.2, 0) is 0 Å². The van der Waals surface area contributed by atoms with Gasteiger partial charge in [-0.3, -0.25) is 0 Å². The molecule has 2 atom stereocenters. The molecule has 2 fully saturated rings. The van der Waals surface area contributed by atoms with Gasteiger partial charge in [0.25, 0.3) is 0 Å². The molecule has 0 aromatic carbocycles. The van der Waals surface area contributed by atoms with E-state index in [0.717, 1.165) is 12.3 Å². The summed E-state index contributed by atoms with van der Waals surface area (Å²) in [6, 6.07) is 0. The first-order valence-corrected chi connectivity index (χ1v) is 7.30. The van der Waals surface area contributed by atoms with Crippen LogP contribution >= 0.6 is 12.6 Å². The molecule has 0 radical (unpaired) electrons. The van der Waals surface area contributed by atoms with E-state index < -0.39 is 0 Å². The Kier molecular flexibility index (Phi) is 4.20. The Morgan fingerprint density at radius 2 is 2.12 bits per heavy atom. The van der Waals surface area contributed by atoms with Crippen molar-refractivity contribution in [2.24, 2.45) is 11.3 Å². The van der Waals surface area contributed by atoms with Crippen molar-refractivity contribution in [1.82, 2.24) is 4.90 Å². The quantitative estimate of drug-likeness (QED) is 0.739. The summed E-state index contributed by atoms with van der Waals surface area (Å²) in [6.07, 6.45) is 6.50. The van der Waals surface area contributed by atoms with Gasteiger partial charge in [-0.05, 0) is 49.8 Å². The maximum Gasteiger partial charge on any atom is 0.0552 e. The summed E-state index contributed by atoms with van der Waals surface area (Å²) in [6.45, 7) is 5.40. The topological polar surface area (TPSA) is 23.5 Å². The molecule has 0 spiro atoms. The zero-order valence-corrected chi connectivity index (χ0v) is 11.3. The fourth-order valence-electron chi connectivity index (χ4n) is 3.37. The Labute approximate surface area is 105 Å². The third-order valence-corrected chi connectivity index (χ3v) is 5.22. The number of aliphatic hydroxyl groups is 1. The first-order chi connectivity index (χ1) is 7.65. The monoisotopic (exact) mass is 243 g/mol. The molecular weight excluding hydrogens is 218 g/mol. The summed E-state index contributed by atoms with van der Waals surface area (Å²) >= 11 is 4.56. The molecule has 3 heteroatoms. The lowest BCUT2D eigenvalue weighted by Crippen LogP contribution is -2.36. The molecular formula is C13H25NOS. The van der Waals surface area contributed by atoms with Gasteiger partial charge < -0.3 is 10.0 Å². The molecule has 1 heterocycles. The normalized spacial score (nSPS) is 32.1. The van der Waals surface area contributed by atoms with Gasteiger partial charge in [-0.1, -0.05) is 12.8 Å². The molecule has 1 aliphatic carbocycles. The Morgan fingerprint density at radius 1 is 1.44 bits per heavy atom. The SMILES string of the molecule is CC(O)C1CCN(CC2(CS)CCCC2)C1. The van der Waals surface area contributed by atoms with E-state index in [9.17, 15) is 5.11 Å². The standard InChI is InChI=1S/C13H25NOS/c1-11(15)12-4-7-14(8-12)9-13(10-16)5-2-3-6-13/h11-12,15-16H,2-10H2,1H3. The van der Waals surface area contributed by atoms with Crippen molar-refractivity contribution in [3.05, 3.63) is 0 Å². The number of aliphatic hydroxyl groups excluding tert-OH is 1. The first-order valence-electron chi connectivity index (χ1n) is 6.66. The second-order valence-corrected chi connectivity index (χ2v) is 6.21. The van der Waals surface area contributed by atoms with Gasteiger partial charge in [-0.15, -0.1) is 0 Å². The molecule has 1 saturated carbocycles. The van der Waals surface area contributed by atoms with Gasteiger partial charge in [0.1, 0.15) is 0 Å². The second kappa shape index (κ2) is 5.28. The largest absolute Gasteiger partial charge is 0.393 e. The molecule has 2 rings (SSSR count). The van der Waals surface area contributed by atoms with E-state index in [4.69, 9.17) is 0 Å². The van der Waals surface area contributed by atoms with Crippen LogP contribution in [0, 0.1) is 11.3 Å². The molecule has 0 aromatic rings. The molecule has 0 aromatic heterocycles. The minimum Gasteiger partial charge on any atom is -0.393 e. The summed E-state index contributed by atoms with van der Waals surface area (Å²) in [4.78, 5) is 2.55. The maximum atomic E-state index is 9.61. The highest BCUT2D eigenvalue weighted by molar-refractivity contribution is 7.80. The number of thiol groups is 1. The van der Waals surface area contributed by atoms with Gasteiger partial charge in [0.05, 0.1) is 6.10 Å². The van der Waals surface area contributed by atoms with Crippen LogP contribution in [0.25, 0.3) is 0 Å². The third-order valence-electron chi connectivity index (χ3n) is 4.55. The van der Waals surface area contributed by atoms with Crippen LogP contribution < -0.4 is 0 Å².